The van der Waals surface area contributed by atoms with Crippen molar-refractivity contribution < 1.29 is 0 Å². The Balaban J connectivity index is 1.02. The molecule has 1 heterocycles. The summed E-state index contributed by atoms with van der Waals surface area (Å²) in [5, 5.41) is 2.67. The first-order valence-corrected chi connectivity index (χ1v) is 27.1. The quantitative estimate of drug-likeness (QED) is 0.161. The van der Waals surface area contributed by atoms with Crippen molar-refractivity contribution in [2.24, 2.45) is 23.7 Å². The van der Waals surface area contributed by atoms with E-state index in [9.17, 15) is 0 Å². The van der Waals surface area contributed by atoms with Crippen LogP contribution >= 0.6 is 11.3 Å². The van der Waals surface area contributed by atoms with Gasteiger partial charge in [0.2, 0.25) is 0 Å². The summed E-state index contributed by atoms with van der Waals surface area (Å²) in [6.07, 6.45) is 5.24. The second-order valence-corrected chi connectivity index (χ2v) is 23.5. The molecule has 2 heteroatoms. The molecule has 5 aliphatic carbocycles. The van der Waals surface area contributed by atoms with Crippen LogP contribution in [0.25, 0.3) is 42.4 Å². The fourth-order valence-corrected chi connectivity index (χ4v) is 17.6. The Hall–Kier alpha value is -7.00. The summed E-state index contributed by atoms with van der Waals surface area (Å²) in [5.74, 6) is 3.12. The fourth-order valence-electron chi connectivity index (χ4n) is 16.3. The highest BCUT2D eigenvalue weighted by Crippen LogP contribution is 2.76. The van der Waals surface area contributed by atoms with Crippen molar-refractivity contribution in [1.82, 2.24) is 0 Å². The van der Waals surface area contributed by atoms with Gasteiger partial charge in [0.25, 0.3) is 0 Å². The molecule has 15 rings (SSSR count). The van der Waals surface area contributed by atoms with Crippen LogP contribution in [-0.2, 0) is 16.2 Å². The van der Waals surface area contributed by atoms with Gasteiger partial charge in [0.1, 0.15) is 0 Å². The molecule has 10 aromatic rings. The van der Waals surface area contributed by atoms with Crippen molar-refractivity contribution in [1.29, 1.82) is 0 Å². The van der Waals surface area contributed by atoms with E-state index in [-0.39, 0.29) is 10.8 Å². The van der Waals surface area contributed by atoms with Crippen LogP contribution in [0.15, 0.2) is 212 Å². The van der Waals surface area contributed by atoms with Crippen LogP contribution in [0.1, 0.15) is 96.9 Å². The summed E-state index contributed by atoms with van der Waals surface area (Å²) in [4.78, 5) is 2.63. The largest absolute Gasteiger partial charge is 0.310 e. The van der Waals surface area contributed by atoms with E-state index in [4.69, 9.17) is 0 Å². The van der Waals surface area contributed by atoms with E-state index < -0.39 is 5.41 Å². The molecule has 2 bridgehead atoms. The molecule has 5 aliphatic rings. The van der Waals surface area contributed by atoms with Crippen molar-refractivity contribution in [2.75, 3.05) is 4.90 Å². The molecule has 0 N–H and O–H groups in total. The van der Waals surface area contributed by atoms with Gasteiger partial charge >= 0.3 is 0 Å². The summed E-state index contributed by atoms with van der Waals surface area (Å²) in [6, 6.07) is 82.4. The Labute approximate surface area is 422 Å². The first-order chi connectivity index (χ1) is 34.8. The summed E-state index contributed by atoms with van der Waals surface area (Å²) < 4.78 is 2.68. The highest BCUT2D eigenvalue weighted by atomic mass is 32.1. The molecule has 1 spiro atoms. The van der Waals surface area contributed by atoms with E-state index in [0.29, 0.717) is 23.7 Å². The predicted octanol–water partition coefficient (Wildman–Crippen LogP) is 18.3. The van der Waals surface area contributed by atoms with Gasteiger partial charge in [-0.05, 0) is 164 Å². The first kappa shape index (κ1) is 41.8. The van der Waals surface area contributed by atoms with Crippen molar-refractivity contribution in [3.8, 4) is 22.3 Å². The van der Waals surface area contributed by atoms with Crippen molar-refractivity contribution in [3.63, 3.8) is 0 Å². The zero-order valence-electron chi connectivity index (χ0n) is 40.8. The lowest BCUT2D eigenvalue weighted by atomic mass is 9.53. The van der Waals surface area contributed by atoms with E-state index in [1.807, 2.05) is 11.3 Å². The minimum atomic E-state index is -0.511. The number of nitrogens with zero attached hydrogens (tertiary/aromatic N) is 1. The van der Waals surface area contributed by atoms with Crippen LogP contribution in [0, 0.1) is 23.7 Å². The van der Waals surface area contributed by atoms with Gasteiger partial charge in [0.05, 0.1) is 5.41 Å². The molecular weight excluding hydrogens is 875 g/mol. The molecule has 0 saturated heterocycles. The van der Waals surface area contributed by atoms with Crippen molar-refractivity contribution in [3.05, 3.63) is 257 Å². The molecule has 3 fully saturated rings. The van der Waals surface area contributed by atoms with Crippen molar-refractivity contribution in [2.45, 2.75) is 68.6 Å². The number of fused-ring (bicyclic) bond motifs is 8. The Morgan fingerprint density at radius 2 is 1.04 bits per heavy atom. The number of anilines is 3. The van der Waals surface area contributed by atoms with Crippen LogP contribution in [0.5, 0.6) is 0 Å². The summed E-state index contributed by atoms with van der Waals surface area (Å²) in [5.41, 5.74) is 19.8. The van der Waals surface area contributed by atoms with Crippen LogP contribution in [0.4, 0.5) is 17.1 Å². The Kier molecular flexibility index (Phi) is 8.97. The second kappa shape index (κ2) is 15.3. The minimum Gasteiger partial charge on any atom is -0.310 e. The van der Waals surface area contributed by atoms with Crippen LogP contribution in [0.3, 0.4) is 0 Å². The second-order valence-electron chi connectivity index (χ2n) is 22.5. The third-order valence-electron chi connectivity index (χ3n) is 18.8. The molecule has 1 aromatic heterocycles. The maximum Gasteiger partial charge on any atom is 0.0707 e. The smallest absolute Gasteiger partial charge is 0.0707 e. The topological polar surface area (TPSA) is 3.24 Å². The maximum absolute atomic E-state index is 2.75. The highest BCUT2D eigenvalue weighted by molar-refractivity contribution is 7.26. The van der Waals surface area contributed by atoms with Crippen LogP contribution in [-0.4, -0.2) is 0 Å². The van der Waals surface area contributed by atoms with Gasteiger partial charge in [0, 0.05) is 48.1 Å². The van der Waals surface area contributed by atoms with E-state index in [1.165, 1.54) is 119 Å². The fraction of sp³-hybridized carbons (Fsp3) is 0.217. The molecule has 0 radical (unpaired) electrons. The van der Waals surface area contributed by atoms with Gasteiger partial charge in [-0.25, -0.2) is 0 Å². The van der Waals surface area contributed by atoms with Gasteiger partial charge < -0.3 is 4.90 Å². The predicted molar refractivity (Wildman–Crippen MR) is 298 cm³/mol. The number of hydrogen-bond acceptors (Lipinski definition) is 2. The molecule has 0 aliphatic heterocycles. The molecule has 344 valence electrons. The highest BCUT2D eigenvalue weighted by Gasteiger charge is 2.69. The minimum absolute atomic E-state index is 0.0237. The molecule has 0 amide bonds. The van der Waals surface area contributed by atoms with E-state index in [2.05, 4.69) is 238 Å². The van der Waals surface area contributed by atoms with E-state index in [0.717, 1.165) is 5.92 Å². The summed E-state index contributed by atoms with van der Waals surface area (Å²) in [7, 11) is 0. The van der Waals surface area contributed by atoms with Gasteiger partial charge in [0.15, 0.2) is 0 Å². The Morgan fingerprint density at radius 1 is 0.451 bits per heavy atom. The lowest BCUT2D eigenvalue weighted by molar-refractivity contribution is 0.0823. The maximum atomic E-state index is 2.75. The van der Waals surface area contributed by atoms with Crippen LogP contribution < -0.4 is 4.90 Å². The molecule has 6 atom stereocenters. The first-order valence-electron chi connectivity index (χ1n) is 26.3. The molecule has 3 saturated carbocycles. The average molecular weight is 932 g/mol. The third-order valence-corrected chi connectivity index (χ3v) is 20.0. The average Bonchev–Trinajstić information content (AvgIpc) is 4.13. The standard InChI is InChI=1S/C69H57NS/c1-43-36-48-38-45-39-49(37-43)69(48)63-42-52(33-35-61(63)68(46-19-6-4-7-20-46,47-21-8-5-9-22-47)60-30-14-11-26-58(60)65(45)69)70(51-32-34-55-54-24-10-13-29-59(54)67(2,3)62(55)41-51)50-23-16-18-44(40-50)53-27-17-28-57-56-25-12-15-31-64(56)71-66(53)57/h4-35,40-43,45,48-49,65H,36-39H2,1-3H3/t43-,45+,48+,49-,65-,69?/m0/s1. The van der Waals surface area contributed by atoms with Gasteiger partial charge in [-0.2, -0.15) is 0 Å². The summed E-state index contributed by atoms with van der Waals surface area (Å²) in [6.45, 7) is 7.39. The summed E-state index contributed by atoms with van der Waals surface area (Å²) >= 11 is 1.91. The van der Waals surface area contributed by atoms with Gasteiger partial charge in [-0.15, -0.1) is 11.3 Å². The zero-order valence-corrected chi connectivity index (χ0v) is 41.6. The molecular formula is C69H57NS. The van der Waals surface area contributed by atoms with Crippen LogP contribution in [0.2, 0.25) is 0 Å². The molecule has 1 nitrogen and oxygen atoms in total. The van der Waals surface area contributed by atoms with Gasteiger partial charge in [-0.3, -0.25) is 0 Å². The Bertz CT molecular complexity index is 3710. The number of hydrogen-bond donors (Lipinski definition) is 0. The monoisotopic (exact) mass is 931 g/mol. The molecule has 9 aromatic carbocycles. The number of thiophene rings is 1. The van der Waals surface area contributed by atoms with Gasteiger partial charge in [-0.1, -0.05) is 191 Å². The number of rotatable bonds is 6. The lowest BCUT2D eigenvalue weighted by Crippen LogP contribution is -2.46. The lowest BCUT2D eigenvalue weighted by Gasteiger charge is -2.51. The SMILES string of the molecule is C[C@H]1C[C@@H]2C[C@@H]3C[C@H](C1)C21c2cc(N(c4cccc(-c5cccc6c5sc5ccccc56)c4)c4ccc5c(c4)C(C)(C)c4ccccc4-5)ccc2C(c2ccccc2)(c2ccccc2)c2ccccc2[C@H]31. The van der Waals surface area contributed by atoms with E-state index in [1.54, 1.807) is 11.1 Å². The normalized spacial score (nSPS) is 23.6. The van der Waals surface area contributed by atoms with E-state index >= 15 is 0 Å². The molecule has 71 heavy (non-hydrogen) atoms. The zero-order chi connectivity index (χ0) is 47.2. The third kappa shape index (κ3) is 5.63. The van der Waals surface area contributed by atoms with Crippen molar-refractivity contribution >= 4 is 48.6 Å². The molecule has 1 unspecified atom stereocenters. The Morgan fingerprint density at radius 3 is 1.82 bits per heavy atom. The number of benzene rings is 9.